The highest BCUT2D eigenvalue weighted by Gasteiger charge is 2.09. The Morgan fingerprint density at radius 3 is 2.94 bits per heavy atom. The summed E-state index contributed by atoms with van der Waals surface area (Å²) < 4.78 is 0. The van der Waals surface area contributed by atoms with Crippen LogP contribution in [-0.2, 0) is 6.54 Å². The van der Waals surface area contributed by atoms with E-state index in [4.69, 9.17) is 11.6 Å². The maximum atomic E-state index is 10.4. The molecule has 0 aliphatic rings. The molecule has 0 aliphatic carbocycles. The highest BCUT2D eigenvalue weighted by Crippen LogP contribution is 2.05. The number of aromatic nitrogens is 1. The van der Waals surface area contributed by atoms with Crippen molar-refractivity contribution in [1.29, 1.82) is 0 Å². The van der Waals surface area contributed by atoms with Gasteiger partial charge in [-0.05, 0) is 23.5 Å². The Kier molecular flexibility index (Phi) is 4.99. The molecule has 0 aromatic carbocycles. The molecule has 7 heteroatoms. The molecule has 0 aliphatic heterocycles. The van der Waals surface area contributed by atoms with Crippen LogP contribution in [0.4, 0.5) is 0 Å². The molecule has 1 atom stereocenters. The Balaban J connectivity index is 2.48. The number of rotatable bonds is 4. The molecular weight excluding hydrogens is 244 g/mol. The average Bonchev–Trinajstić information content (AvgIpc) is 2.28. The summed E-state index contributed by atoms with van der Waals surface area (Å²) in [7, 11) is 0. The second kappa shape index (κ2) is 6.27. The van der Waals surface area contributed by atoms with Gasteiger partial charge in [0.25, 0.3) is 0 Å². The Labute approximate surface area is 104 Å². The van der Waals surface area contributed by atoms with Gasteiger partial charge in [-0.2, -0.15) is 0 Å². The summed E-state index contributed by atoms with van der Waals surface area (Å²) in [6, 6.07) is 3.52. The van der Waals surface area contributed by atoms with Gasteiger partial charge in [0.2, 0.25) is 0 Å². The third-order valence-electron chi connectivity index (χ3n) is 2.03. The number of pyridine rings is 1. The quantitative estimate of drug-likeness (QED) is 0.293. The Bertz CT molecular complexity index is 419. The fourth-order valence-corrected chi connectivity index (χ4v) is 1.26. The molecule has 1 N–H and O–H groups in total. The molecule has 17 heavy (non-hydrogen) atoms. The molecule has 0 spiro atoms. The number of amidine groups is 1. The van der Waals surface area contributed by atoms with Crippen molar-refractivity contribution in [2.24, 2.45) is 4.99 Å². The minimum absolute atomic E-state index is 0.112. The van der Waals surface area contributed by atoms with E-state index in [0.717, 1.165) is 5.56 Å². The smallest absolute Gasteiger partial charge is 0.331 e. The van der Waals surface area contributed by atoms with E-state index >= 15 is 0 Å². The minimum Gasteiger partial charge on any atom is -0.358 e. The molecule has 0 amide bonds. The highest BCUT2D eigenvalue weighted by molar-refractivity contribution is 6.29. The van der Waals surface area contributed by atoms with Gasteiger partial charge in [-0.25, -0.2) is 4.98 Å². The van der Waals surface area contributed by atoms with Crippen LogP contribution in [0.3, 0.4) is 0 Å². The van der Waals surface area contributed by atoms with Gasteiger partial charge in [0.05, 0.1) is 0 Å². The number of hydrogen-bond acceptors (Lipinski definition) is 5. The van der Waals surface area contributed by atoms with Crippen molar-refractivity contribution in [2.75, 3.05) is 0 Å². The maximum absolute atomic E-state index is 10.4. The molecule has 92 valence electrons. The van der Waals surface area contributed by atoms with Crippen LogP contribution in [0, 0.1) is 10.1 Å². The third-order valence-corrected chi connectivity index (χ3v) is 2.26. The zero-order valence-electron chi connectivity index (χ0n) is 9.55. The SMILES string of the molecule is CC(=NC(C)NCc1ccc(Cl)nc1)[N+](=O)[O-]. The van der Waals surface area contributed by atoms with Gasteiger partial charge in [0, 0.05) is 19.7 Å². The van der Waals surface area contributed by atoms with Crippen LogP contribution in [0.1, 0.15) is 19.4 Å². The lowest BCUT2D eigenvalue weighted by molar-refractivity contribution is -0.351. The molecule has 6 nitrogen and oxygen atoms in total. The first-order chi connectivity index (χ1) is 7.99. The van der Waals surface area contributed by atoms with E-state index in [-0.39, 0.29) is 12.0 Å². The number of halogens is 1. The van der Waals surface area contributed by atoms with Crippen LogP contribution >= 0.6 is 11.6 Å². The van der Waals surface area contributed by atoms with E-state index in [0.29, 0.717) is 11.7 Å². The summed E-state index contributed by atoms with van der Waals surface area (Å²) in [5, 5.41) is 13.8. The molecule has 0 radical (unpaired) electrons. The van der Waals surface area contributed by atoms with Gasteiger partial charge < -0.3 is 10.1 Å². The number of hydrogen-bond donors (Lipinski definition) is 1. The topological polar surface area (TPSA) is 80.4 Å². The molecule has 1 heterocycles. The second-order valence-electron chi connectivity index (χ2n) is 3.48. The first-order valence-corrected chi connectivity index (χ1v) is 5.39. The third kappa shape index (κ3) is 4.88. The Hall–Kier alpha value is -1.53. The van der Waals surface area contributed by atoms with Crippen LogP contribution in [0.5, 0.6) is 0 Å². The summed E-state index contributed by atoms with van der Waals surface area (Å²) in [5.74, 6) is -0.112. The van der Waals surface area contributed by atoms with Crippen LogP contribution < -0.4 is 5.32 Å². The van der Waals surface area contributed by atoms with Crippen molar-refractivity contribution < 1.29 is 4.92 Å². The lowest BCUT2D eigenvalue weighted by Crippen LogP contribution is -2.25. The van der Waals surface area contributed by atoms with E-state index in [2.05, 4.69) is 15.3 Å². The summed E-state index contributed by atoms with van der Waals surface area (Å²) in [6.45, 7) is 3.64. The average molecular weight is 257 g/mol. The molecule has 1 rings (SSSR count). The Morgan fingerprint density at radius 1 is 1.71 bits per heavy atom. The zero-order valence-corrected chi connectivity index (χ0v) is 10.3. The lowest BCUT2D eigenvalue weighted by Gasteiger charge is -2.05. The second-order valence-corrected chi connectivity index (χ2v) is 3.87. The molecule has 1 unspecified atom stereocenters. The first kappa shape index (κ1) is 13.5. The summed E-state index contributed by atoms with van der Waals surface area (Å²) in [4.78, 5) is 17.7. The number of nitrogens with one attached hydrogen (secondary N) is 1. The van der Waals surface area contributed by atoms with Crippen molar-refractivity contribution in [1.82, 2.24) is 10.3 Å². The largest absolute Gasteiger partial charge is 0.358 e. The monoisotopic (exact) mass is 256 g/mol. The molecular formula is C10H13ClN4O2. The van der Waals surface area contributed by atoms with Gasteiger partial charge in [-0.15, -0.1) is 0 Å². The first-order valence-electron chi connectivity index (χ1n) is 5.01. The van der Waals surface area contributed by atoms with Crippen molar-refractivity contribution >= 4 is 17.4 Å². The van der Waals surface area contributed by atoms with Gasteiger partial charge in [-0.3, -0.25) is 5.32 Å². The summed E-state index contributed by atoms with van der Waals surface area (Å²) in [6.07, 6.45) is 1.32. The van der Waals surface area contributed by atoms with Crippen molar-refractivity contribution in [2.45, 2.75) is 26.6 Å². The predicted molar refractivity (Wildman–Crippen MR) is 65.7 cm³/mol. The fraction of sp³-hybridized carbons (Fsp3) is 0.400. The van der Waals surface area contributed by atoms with E-state index < -0.39 is 4.92 Å². The molecule has 1 aromatic heterocycles. The van der Waals surface area contributed by atoms with Crippen molar-refractivity contribution in [3.05, 3.63) is 39.2 Å². The minimum atomic E-state index is -0.512. The van der Waals surface area contributed by atoms with Crippen LogP contribution in [-0.4, -0.2) is 21.9 Å². The number of nitro groups is 1. The van der Waals surface area contributed by atoms with Crippen LogP contribution in [0.2, 0.25) is 5.15 Å². The van der Waals surface area contributed by atoms with Crippen molar-refractivity contribution in [3.8, 4) is 0 Å². The standard InChI is InChI=1S/C10H13ClN4O2/c1-7(14-8(2)15(16)17)12-5-9-3-4-10(11)13-6-9/h3-4,6-7,12H,5H2,1-2H3. The van der Waals surface area contributed by atoms with E-state index in [1.165, 1.54) is 6.92 Å². The molecule has 0 saturated carbocycles. The fourth-order valence-electron chi connectivity index (χ4n) is 1.15. The normalized spacial score (nSPS) is 13.5. The number of aliphatic imine (C=N–C) groups is 1. The van der Waals surface area contributed by atoms with Crippen LogP contribution in [0.25, 0.3) is 0 Å². The molecule has 0 bridgehead atoms. The highest BCUT2D eigenvalue weighted by atomic mass is 35.5. The zero-order chi connectivity index (χ0) is 12.8. The maximum Gasteiger partial charge on any atom is 0.331 e. The van der Waals surface area contributed by atoms with E-state index in [1.54, 1.807) is 19.2 Å². The number of nitrogens with zero attached hydrogens (tertiary/aromatic N) is 3. The summed E-state index contributed by atoms with van der Waals surface area (Å²) >= 11 is 5.65. The summed E-state index contributed by atoms with van der Waals surface area (Å²) in [5.41, 5.74) is 0.940. The molecule has 0 saturated heterocycles. The van der Waals surface area contributed by atoms with E-state index in [9.17, 15) is 10.1 Å². The Morgan fingerprint density at radius 2 is 2.41 bits per heavy atom. The van der Waals surface area contributed by atoms with Gasteiger partial charge in [0.1, 0.15) is 5.15 Å². The van der Waals surface area contributed by atoms with E-state index in [1.807, 2.05) is 6.07 Å². The predicted octanol–water partition coefficient (Wildman–Crippen LogP) is 1.87. The van der Waals surface area contributed by atoms with Gasteiger partial charge >= 0.3 is 5.84 Å². The lowest BCUT2D eigenvalue weighted by atomic mass is 10.3. The van der Waals surface area contributed by atoms with Gasteiger partial charge in [0.15, 0.2) is 6.17 Å². The van der Waals surface area contributed by atoms with Crippen molar-refractivity contribution in [3.63, 3.8) is 0 Å². The molecule has 1 aromatic rings. The van der Waals surface area contributed by atoms with Gasteiger partial charge in [-0.1, -0.05) is 22.7 Å². The van der Waals surface area contributed by atoms with Crippen LogP contribution in [0.15, 0.2) is 23.3 Å². The molecule has 0 fully saturated rings.